The zero-order chi connectivity index (χ0) is 26.2. The maximum Gasteiger partial charge on any atom is 0.219 e. The number of rotatable bonds is 8. The van der Waals surface area contributed by atoms with Crippen molar-refractivity contribution in [2.45, 2.75) is 31.7 Å². The van der Waals surface area contributed by atoms with Crippen LogP contribution < -0.4 is 5.32 Å². The highest BCUT2D eigenvalue weighted by molar-refractivity contribution is 6.30. The predicted octanol–water partition coefficient (Wildman–Crippen LogP) is 5.46. The van der Waals surface area contributed by atoms with E-state index >= 15 is 4.39 Å². The molecular weight excluding hydrogens is 505 g/mol. The highest BCUT2D eigenvalue weighted by Gasteiger charge is 2.42. The minimum Gasteiger partial charge on any atom is -0.381 e. The molecule has 190 valence electrons. The van der Waals surface area contributed by atoms with Crippen LogP contribution in [0.2, 0.25) is 5.02 Å². The molecular formula is C26H22ClF3N6O. The third kappa shape index (κ3) is 4.90. The summed E-state index contributed by atoms with van der Waals surface area (Å²) in [7, 11) is 0. The van der Waals surface area contributed by atoms with Crippen LogP contribution in [0.1, 0.15) is 24.1 Å². The number of fused-ring (bicyclic) bond motifs is 1. The van der Waals surface area contributed by atoms with Crippen molar-refractivity contribution >= 4 is 28.2 Å². The van der Waals surface area contributed by atoms with Crippen LogP contribution in [0.5, 0.6) is 0 Å². The first-order valence-electron chi connectivity index (χ1n) is 11.4. The summed E-state index contributed by atoms with van der Waals surface area (Å²) >= 11 is 5.93. The topological polar surface area (TPSA) is 80.8 Å². The highest BCUT2D eigenvalue weighted by atomic mass is 35.5. The minimum atomic E-state index is -2.05. The van der Waals surface area contributed by atoms with Gasteiger partial charge in [0.2, 0.25) is 5.95 Å². The molecule has 3 aromatic carbocycles. The van der Waals surface area contributed by atoms with Crippen molar-refractivity contribution in [2.24, 2.45) is 0 Å². The van der Waals surface area contributed by atoms with E-state index in [1.54, 1.807) is 30.3 Å². The summed E-state index contributed by atoms with van der Waals surface area (Å²) in [5.41, 5.74) is -0.264. The van der Waals surface area contributed by atoms with Crippen LogP contribution in [-0.2, 0) is 18.7 Å². The van der Waals surface area contributed by atoms with Gasteiger partial charge in [0.25, 0.3) is 0 Å². The van der Waals surface area contributed by atoms with Gasteiger partial charge in [0.15, 0.2) is 0 Å². The van der Waals surface area contributed by atoms with Crippen LogP contribution in [0.4, 0.5) is 18.9 Å². The summed E-state index contributed by atoms with van der Waals surface area (Å²) in [6, 6.07) is 14.1. The Morgan fingerprint density at radius 1 is 1.05 bits per heavy atom. The molecule has 0 radical (unpaired) electrons. The summed E-state index contributed by atoms with van der Waals surface area (Å²) in [5.74, 6) is -2.48. The van der Waals surface area contributed by atoms with Gasteiger partial charge < -0.3 is 10.4 Å². The fourth-order valence-electron chi connectivity index (χ4n) is 4.29. The highest BCUT2D eigenvalue weighted by Crippen LogP contribution is 2.38. The predicted molar refractivity (Wildman–Crippen MR) is 133 cm³/mol. The zero-order valence-corrected chi connectivity index (χ0v) is 20.4. The van der Waals surface area contributed by atoms with Crippen LogP contribution in [0, 0.1) is 17.6 Å². The second-order valence-corrected chi connectivity index (χ2v) is 9.20. The van der Waals surface area contributed by atoms with E-state index in [2.05, 4.69) is 20.5 Å². The van der Waals surface area contributed by atoms with Gasteiger partial charge in [-0.2, -0.15) is 14.6 Å². The molecule has 0 bridgehead atoms. The molecule has 0 fully saturated rings. The van der Waals surface area contributed by atoms with E-state index in [1.165, 1.54) is 24.3 Å². The first-order valence-corrected chi connectivity index (χ1v) is 11.8. The van der Waals surface area contributed by atoms with E-state index in [0.717, 1.165) is 22.4 Å². The number of aromatic nitrogens is 5. The first-order chi connectivity index (χ1) is 17.7. The van der Waals surface area contributed by atoms with Gasteiger partial charge in [-0.25, -0.2) is 23.1 Å². The number of hydrogen-bond donors (Lipinski definition) is 2. The van der Waals surface area contributed by atoms with E-state index in [4.69, 9.17) is 11.6 Å². The average molecular weight is 527 g/mol. The molecule has 0 spiro atoms. The Morgan fingerprint density at radius 3 is 2.54 bits per heavy atom. The molecule has 2 heterocycles. The van der Waals surface area contributed by atoms with E-state index in [9.17, 15) is 13.9 Å². The average Bonchev–Trinajstić information content (AvgIpc) is 3.50. The van der Waals surface area contributed by atoms with Crippen LogP contribution >= 0.6 is 11.6 Å². The van der Waals surface area contributed by atoms with Crippen LogP contribution in [0.25, 0.3) is 10.9 Å². The SMILES string of the molecule is C[C@@H](n1nc2ccc(NCc3ccc(Cl)cc3)cc2c1F)[C@](O)(Cn1cncn1)c1ccc(F)cc1F. The lowest BCUT2D eigenvalue weighted by atomic mass is 9.86. The molecule has 2 atom stereocenters. The van der Waals surface area contributed by atoms with Crippen molar-refractivity contribution < 1.29 is 18.3 Å². The third-order valence-electron chi connectivity index (χ3n) is 6.37. The van der Waals surface area contributed by atoms with Crippen LogP contribution in [-0.4, -0.2) is 29.7 Å². The monoisotopic (exact) mass is 526 g/mol. The smallest absolute Gasteiger partial charge is 0.219 e. The van der Waals surface area contributed by atoms with Gasteiger partial charge in [0.05, 0.1) is 23.5 Å². The summed E-state index contributed by atoms with van der Waals surface area (Å²) in [5, 5.41) is 24.2. The fourth-order valence-corrected chi connectivity index (χ4v) is 4.42. The molecule has 0 saturated carbocycles. The number of aliphatic hydroxyl groups is 1. The van der Waals surface area contributed by atoms with Gasteiger partial charge in [-0.05, 0) is 48.9 Å². The maximum absolute atomic E-state index is 15.7. The number of benzene rings is 3. The molecule has 2 N–H and O–H groups in total. The Bertz CT molecular complexity index is 1540. The number of nitrogens with zero attached hydrogens (tertiary/aromatic N) is 5. The molecule has 0 saturated heterocycles. The zero-order valence-electron chi connectivity index (χ0n) is 19.6. The number of anilines is 1. The Balaban J connectivity index is 1.49. The lowest BCUT2D eigenvalue weighted by Crippen LogP contribution is -2.41. The standard InChI is InChI=1S/C26H22ClF3N6O/c1-16(26(37,13-35-15-31-14-33-35)22-8-6-19(28)10-23(22)29)36-25(30)21-11-20(7-9-24(21)34-36)32-12-17-2-4-18(27)5-3-17/h2-11,14-16,32,37H,12-13H2,1H3/t16-,26-/m1/s1. The Hall–Kier alpha value is -3.89. The Kier molecular flexibility index (Phi) is 6.61. The van der Waals surface area contributed by atoms with Gasteiger partial charge in [-0.3, -0.25) is 0 Å². The quantitative estimate of drug-likeness (QED) is 0.281. The van der Waals surface area contributed by atoms with E-state index < -0.39 is 29.2 Å². The molecule has 0 aliphatic rings. The largest absolute Gasteiger partial charge is 0.381 e. The second-order valence-electron chi connectivity index (χ2n) is 8.76. The van der Waals surface area contributed by atoms with Crippen molar-refractivity contribution in [3.63, 3.8) is 0 Å². The minimum absolute atomic E-state index is 0.218. The molecule has 37 heavy (non-hydrogen) atoms. The summed E-state index contributed by atoms with van der Waals surface area (Å²) in [4.78, 5) is 3.85. The van der Waals surface area contributed by atoms with Gasteiger partial charge in [-0.1, -0.05) is 29.8 Å². The van der Waals surface area contributed by atoms with Crippen molar-refractivity contribution in [3.05, 3.63) is 107 Å². The van der Waals surface area contributed by atoms with Crippen LogP contribution in [0.15, 0.2) is 73.3 Å². The first kappa shape index (κ1) is 24.8. The molecule has 11 heteroatoms. The van der Waals surface area contributed by atoms with Crippen molar-refractivity contribution in [2.75, 3.05) is 5.32 Å². The number of halogens is 4. The van der Waals surface area contributed by atoms with Crippen molar-refractivity contribution in [3.8, 4) is 0 Å². The fraction of sp³-hybridized carbons (Fsp3) is 0.192. The molecule has 0 unspecified atom stereocenters. The van der Waals surface area contributed by atoms with Gasteiger partial charge in [0, 0.05) is 28.9 Å². The van der Waals surface area contributed by atoms with Crippen molar-refractivity contribution in [1.29, 1.82) is 0 Å². The van der Waals surface area contributed by atoms with Gasteiger partial charge in [-0.15, -0.1) is 0 Å². The maximum atomic E-state index is 15.7. The van der Waals surface area contributed by atoms with Gasteiger partial charge >= 0.3 is 0 Å². The molecule has 7 nitrogen and oxygen atoms in total. The normalized spacial score (nSPS) is 14.0. The Labute approximate surface area is 215 Å². The number of hydrogen-bond acceptors (Lipinski definition) is 5. The molecule has 5 rings (SSSR count). The molecule has 0 amide bonds. The summed E-state index contributed by atoms with van der Waals surface area (Å²) in [6.45, 7) is 1.73. The second kappa shape index (κ2) is 9.87. The summed E-state index contributed by atoms with van der Waals surface area (Å²) in [6.07, 6.45) is 2.60. The van der Waals surface area contributed by atoms with Gasteiger partial charge in [0.1, 0.15) is 29.9 Å². The molecule has 0 aliphatic heterocycles. The number of nitrogens with one attached hydrogen (secondary N) is 1. The lowest BCUT2D eigenvalue weighted by Gasteiger charge is -2.34. The summed E-state index contributed by atoms with van der Waals surface area (Å²) < 4.78 is 46.5. The van der Waals surface area contributed by atoms with Crippen molar-refractivity contribution in [1.82, 2.24) is 24.5 Å². The lowest BCUT2D eigenvalue weighted by molar-refractivity contribution is -0.0400. The van der Waals surface area contributed by atoms with E-state index in [1.807, 2.05) is 12.1 Å². The van der Waals surface area contributed by atoms with E-state index in [-0.39, 0.29) is 17.5 Å². The molecule has 5 aromatic rings. The Morgan fingerprint density at radius 2 is 1.84 bits per heavy atom. The molecule has 2 aromatic heterocycles. The third-order valence-corrected chi connectivity index (χ3v) is 6.62. The van der Waals surface area contributed by atoms with E-state index in [0.29, 0.717) is 28.8 Å². The molecule has 0 aliphatic carbocycles. The van der Waals surface area contributed by atoms with Crippen LogP contribution in [0.3, 0.4) is 0 Å².